The first-order chi connectivity index (χ1) is 8.61. The molecule has 2 aromatic rings. The third-order valence-corrected chi connectivity index (χ3v) is 3.57. The van der Waals surface area contributed by atoms with E-state index in [0.717, 1.165) is 5.02 Å². The van der Waals surface area contributed by atoms with E-state index < -0.39 is 0 Å². The van der Waals surface area contributed by atoms with E-state index in [-0.39, 0.29) is 5.92 Å². The lowest BCUT2D eigenvalue weighted by Gasteiger charge is -2.23. The van der Waals surface area contributed by atoms with Crippen LogP contribution in [0.4, 0.5) is 5.69 Å². The van der Waals surface area contributed by atoms with Crippen molar-refractivity contribution in [3.8, 4) is 0 Å². The van der Waals surface area contributed by atoms with Crippen LogP contribution >= 0.6 is 11.6 Å². The highest BCUT2D eigenvalue weighted by Crippen LogP contribution is 2.36. The van der Waals surface area contributed by atoms with Gasteiger partial charge in [-0.15, -0.1) is 0 Å². The second-order valence-electron chi connectivity index (χ2n) is 4.70. The summed E-state index contributed by atoms with van der Waals surface area (Å²) in [4.78, 5) is 2.11. The Bertz CT molecular complexity index is 520. The molecule has 0 saturated heterocycles. The number of nitrogens with zero attached hydrogens (tertiary/aromatic N) is 1. The van der Waals surface area contributed by atoms with Crippen molar-refractivity contribution in [3.05, 3.63) is 64.7 Å². The molecule has 1 atom stereocenters. The van der Waals surface area contributed by atoms with E-state index in [1.54, 1.807) is 0 Å². The second-order valence-corrected chi connectivity index (χ2v) is 5.11. The Morgan fingerprint density at radius 2 is 1.61 bits per heavy atom. The van der Waals surface area contributed by atoms with Crippen LogP contribution in [0.25, 0.3) is 0 Å². The van der Waals surface area contributed by atoms with Gasteiger partial charge in [-0.2, -0.15) is 0 Å². The van der Waals surface area contributed by atoms with E-state index in [1.807, 2.05) is 32.3 Å². The summed E-state index contributed by atoms with van der Waals surface area (Å²) in [5.74, 6) is 0.289. The average Bonchev–Trinajstić information content (AvgIpc) is 2.38. The summed E-state index contributed by atoms with van der Waals surface area (Å²) >= 11 is 6.39. The largest absolute Gasteiger partial charge is 0.377 e. The molecule has 2 rings (SSSR count). The van der Waals surface area contributed by atoms with E-state index in [2.05, 4.69) is 42.2 Å². The highest BCUT2D eigenvalue weighted by molar-refractivity contribution is 6.31. The topological polar surface area (TPSA) is 3.24 Å². The molecule has 0 aliphatic heterocycles. The van der Waals surface area contributed by atoms with E-state index in [1.165, 1.54) is 16.8 Å². The molecule has 2 aromatic carbocycles. The number of hydrogen-bond acceptors (Lipinski definition) is 1. The highest BCUT2D eigenvalue weighted by atomic mass is 35.5. The molecule has 0 saturated carbocycles. The summed E-state index contributed by atoms with van der Waals surface area (Å²) < 4.78 is 0. The molecule has 94 valence electrons. The minimum Gasteiger partial charge on any atom is -0.377 e. The quantitative estimate of drug-likeness (QED) is 0.781. The summed E-state index contributed by atoms with van der Waals surface area (Å²) in [6.45, 7) is 2.20. The third-order valence-electron chi connectivity index (χ3n) is 3.24. The molecule has 0 aromatic heterocycles. The Labute approximate surface area is 114 Å². The van der Waals surface area contributed by atoms with Crippen LogP contribution in [0, 0.1) is 0 Å². The predicted molar refractivity (Wildman–Crippen MR) is 79.7 cm³/mol. The molecule has 0 radical (unpaired) electrons. The zero-order valence-electron chi connectivity index (χ0n) is 11.0. The second kappa shape index (κ2) is 5.45. The molecule has 0 N–H and O–H groups in total. The Morgan fingerprint density at radius 1 is 0.944 bits per heavy atom. The van der Waals surface area contributed by atoms with Gasteiger partial charge in [-0.05, 0) is 17.7 Å². The summed E-state index contributed by atoms with van der Waals surface area (Å²) in [5.41, 5.74) is 3.66. The van der Waals surface area contributed by atoms with Crippen LogP contribution < -0.4 is 4.90 Å². The van der Waals surface area contributed by atoms with Crippen LogP contribution in [0.15, 0.2) is 48.5 Å². The van der Waals surface area contributed by atoms with Crippen LogP contribution in [0.1, 0.15) is 24.0 Å². The number of anilines is 1. The standard InChI is InChI=1S/C16H18ClN/c1-12(13-8-5-4-6-9-13)16-14(17)10-7-11-15(16)18(2)3/h4-12H,1-3H3. The van der Waals surface area contributed by atoms with Gasteiger partial charge in [0.2, 0.25) is 0 Å². The molecule has 0 spiro atoms. The van der Waals surface area contributed by atoms with Gasteiger partial charge in [0.05, 0.1) is 0 Å². The highest BCUT2D eigenvalue weighted by Gasteiger charge is 2.16. The summed E-state index contributed by atoms with van der Waals surface area (Å²) in [6.07, 6.45) is 0. The van der Waals surface area contributed by atoms with Crippen molar-refractivity contribution in [2.75, 3.05) is 19.0 Å². The van der Waals surface area contributed by atoms with E-state index in [9.17, 15) is 0 Å². The van der Waals surface area contributed by atoms with Crippen molar-refractivity contribution in [3.63, 3.8) is 0 Å². The maximum Gasteiger partial charge on any atom is 0.0464 e. The zero-order chi connectivity index (χ0) is 13.1. The monoisotopic (exact) mass is 259 g/mol. The van der Waals surface area contributed by atoms with Crippen LogP contribution in [0.5, 0.6) is 0 Å². The van der Waals surface area contributed by atoms with Gasteiger partial charge < -0.3 is 4.90 Å². The van der Waals surface area contributed by atoms with Crippen molar-refractivity contribution < 1.29 is 0 Å². The van der Waals surface area contributed by atoms with Crippen LogP contribution in [-0.2, 0) is 0 Å². The van der Waals surface area contributed by atoms with Crippen LogP contribution in [-0.4, -0.2) is 14.1 Å². The number of halogens is 1. The van der Waals surface area contributed by atoms with Crippen molar-refractivity contribution in [1.29, 1.82) is 0 Å². The summed E-state index contributed by atoms with van der Waals surface area (Å²) in [7, 11) is 4.10. The van der Waals surface area contributed by atoms with Gasteiger partial charge in [0.1, 0.15) is 0 Å². The van der Waals surface area contributed by atoms with Gasteiger partial charge in [0.15, 0.2) is 0 Å². The first-order valence-corrected chi connectivity index (χ1v) is 6.49. The molecule has 0 aliphatic carbocycles. The summed E-state index contributed by atoms with van der Waals surface area (Å²) in [6, 6.07) is 16.5. The van der Waals surface area contributed by atoms with Gasteiger partial charge in [0, 0.05) is 36.3 Å². The van der Waals surface area contributed by atoms with Gasteiger partial charge >= 0.3 is 0 Å². The smallest absolute Gasteiger partial charge is 0.0464 e. The molecule has 0 aliphatic rings. The van der Waals surface area contributed by atoms with E-state index in [4.69, 9.17) is 11.6 Å². The maximum atomic E-state index is 6.39. The first kappa shape index (κ1) is 13.0. The Balaban J connectivity index is 2.51. The van der Waals surface area contributed by atoms with Crippen molar-refractivity contribution in [2.24, 2.45) is 0 Å². The number of benzene rings is 2. The van der Waals surface area contributed by atoms with E-state index >= 15 is 0 Å². The lowest BCUT2D eigenvalue weighted by molar-refractivity contribution is 0.910. The molecular weight excluding hydrogens is 242 g/mol. The predicted octanol–water partition coefficient (Wildman–Crippen LogP) is 4.56. The minimum absolute atomic E-state index is 0.289. The molecule has 0 bridgehead atoms. The molecule has 0 amide bonds. The third kappa shape index (κ3) is 2.51. The number of rotatable bonds is 3. The van der Waals surface area contributed by atoms with Crippen molar-refractivity contribution in [1.82, 2.24) is 0 Å². The fraction of sp³-hybridized carbons (Fsp3) is 0.250. The number of hydrogen-bond donors (Lipinski definition) is 0. The fourth-order valence-electron chi connectivity index (χ4n) is 2.25. The molecular formula is C16H18ClN. The first-order valence-electron chi connectivity index (χ1n) is 6.12. The van der Waals surface area contributed by atoms with Crippen LogP contribution in [0.2, 0.25) is 5.02 Å². The summed E-state index contributed by atoms with van der Waals surface area (Å²) in [5, 5.41) is 0.831. The fourth-order valence-corrected chi connectivity index (χ4v) is 2.59. The lowest BCUT2D eigenvalue weighted by atomic mass is 9.91. The molecule has 1 nitrogen and oxygen atoms in total. The zero-order valence-corrected chi connectivity index (χ0v) is 11.8. The van der Waals surface area contributed by atoms with Crippen molar-refractivity contribution >= 4 is 17.3 Å². The molecule has 0 heterocycles. The molecule has 1 unspecified atom stereocenters. The van der Waals surface area contributed by atoms with Gasteiger partial charge in [-0.1, -0.05) is 54.9 Å². The van der Waals surface area contributed by atoms with Gasteiger partial charge in [0.25, 0.3) is 0 Å². The van der Waals surface area contributed by atoms with Gasteiger partial charge in [-0.3, -0.25) is 0 Å². The van der Waals surface area contributed by atoms with Gasteiger partial charge in [-0.25, -0.2) is 0 Å². The van der Waals surface area contributed by atoms with E-state index in [0.29, 0.717) is 0 Å². The molecule has 2 heteroatoms. The van der Waals surface area contributed by atoms with Crippen LogP contribution in [0.3, 0.4) is 0 Å². The molecule has 18 heavy (non-hydrogen) atoms. The normalized spacial score (nSPS) is 12.2. The lowest BCUT2D eigenvalue weighted by Crippen LogP contribution is -2.13. The Kier molecular flexibility index (Phi) is 3.93. The SMILES string of the molecule is CC(c1ccccc1)c1c(Cl)cccc1N(C)C. The molecule has 0 fully saturated rings. The Morgan fingerprint density at radius 3 is 2.22 bits per heavy atom. The minimum atomic E-state index is 0.289. The van der Waals surface area contributed by atoms with Crippen molar-refractivity contribution in [2.45, 2.75) is 12.8 Å². The maximum absolute atomic E-state index is 6.39. The average molecular weight is 260 g/mol. The Hall–Kier alpha value is -1.47.